The van der Waals surface area contributed by atoms with Gasteiger partial charge >= 0.3 is 0 Å². The molecule has 1 aliphatic carbocycles. The number of carbonyl (C=O) groups excluding carboxylic acids is 1. The maximum absolute atomic E-state index is 13.8. The SMILES string of the molecule is COCO[C@H](N)c1ccc(C(=O)c2cc3ccccc3n2S(=O)(=O)c2ccc(C3C[C@@H]3C)cc2)cc1. The standard InChI is InChI=1S/C28H28N2O5S/c1-18-15-24(18)19-11-13-23(14-12-19)36(32,33)30-25-6-4-3-5-22(25)16-26(30)27(31)20-7-9-21(10-8-20)28(29)35-17-34-2/h3-14,16,18,24,28H,15,17,29H2,1-2H3/t18-,24?,28-/m0/s1. The predicted octanol–water partition coefficient (Wildman–Crippen LogP) is 4.81. The number of nitrogens with zero attached hydrogens (tertiary/aromatic N) is 1. The van der Waals surface area contributed by atoms with Crippen molar-refractivity contribution >= 4 is 26.7 Å². The van der Waals surface area contributed by atoms with Crippen LogP contribution in [0.25, 0.3) is 10.9 Å². The van der Waals surface area contributed by atoms with Crippen molar-refractivity contribution < 1.29 is 22.7 Å². The third-order valence-electron chi connectivity index (χ3n) is 6.72. The number of ether oxygens (including phenoxy) is 2. The molecule has 1 fully saturated rings. The van der Waals surface area contributed by atoms with E-state index in [2.05, 4.69) is 6.92 Å². The highest BCUT2D eigenvalue weighted by Gasteiger charge is 2.34. The Labute approximate surface area is 210 Å². The van der Waals surface area contributed by atoms with Gasteiger partial charge < -0.3 is 15.2 Å². The topological polar surface area (TPSA) is 101 Å². The summed E-state index contributed by atoms with van der Waals surface area (Å²) in [6.07, 6.45) is 0.414. The Morgan fingerprint density at radius 2 is 1.72 bits per heavy atom. The van der Waals surface area contributed by atoms with Crippen LogP contribution in [0.5, 0.6) is 0 Å². The zero-order valence-electron chi connectivity index (χ0n) is 20.1. The molecule has 3 aromatic carbocycles. The third-order valence-corrected chi connectivity index (χ3v) is 8.46. The van der Waals surface area contributed by atoms with Crippen LogP contribution < -0.4 is 5.73 Å². The Kier molecular flexibility index (Phi) is 6.53. The number of methoxy groups -OCH3 is 1. The molecule has 1 unspecified atom stereocenters. The van der Waals surface area contributed by atoms with Crippen LogP contribution >= 0.6 is 0 Å². The smallest absolute Gasteiger partial charge is 0.268 e. The van der Waals surface area contributed by atoms with Gasteiger partial charge in [-0.1, -0.05) is 61.5 Å². The van der Waals surface area contributed by atoms with E-state index in [1.165, 1.54) is 7.11 Å². The van der Waals surface area contributed by atoms with E-state index in [9.17, 15) is 13.2 Å². The maximum atomic E-state index is 13.8. The summed E-state index contributed by atoms with van der Waals surface area (Å²) in [6, 6.07) is 22.3. The molecule has 7 nitrogen and oxygen atoms in total. The molecule has 4 aromatic rings. The number of nitrogens with two attached hydrogens (primary N) is 1. The summed E-state index contributed by atoms with van der Waals surface area (Å²) < 4.78 is 39.0. The largest absolute Gasteiger partial charge is 0.359 e. The number of ketones is 1. The first kappa shape index (κ1) is 24.4. The monoisotopic (exact) mass is 504 g/mol. The van der Waals surface area contributed by atoms with Crippen LogP contribution in [0.1, 0.15) is 52.7 Å². The molecule has 1 saturated carbocycles. The molecule has 186 valence electrons. The zero-order chi connectivity index (χ0) is 25.4. The average molecular weight is 505 g/mol. The lowest BCUT2D eigenvalue weighted by Crippen LogP contribution is -2.19. The molecule has 2 N–H and O–H groups in total. The van der Waals surface area contributed by atoms with Crippen molar-refractivity contribution in [2.45, 2.75) is 30.4 Å². The predicted molar refractivity (Wildman–Crippen MR) is 137 cm³/mol. The third kappa shape index (κ3) is 4.49. The minimum absolute atomic E-state index is 0.0421. The van der Waals surface area contributed by atoms with Gasteiger partial charge in [0.2, 0.25) is 5.78 Å². The van der Waals surface area contributed by atoms with Crippen molar-refractivity contribution in [3.8, 4) is 0 Å². The number of hydrogen-bond acceptors (Lipinski definition) is 6. The van der Waals surface area contributed by atoms with E-state index in [0.717, 1.165) is 16.0 Å². The molecule has 1 aromatic heterocycles. The van der Waals surface area contributed by atoms with Gasteiger partial charge in [0, 0.05) is 18.1 Å². The summed E-state index contributed by atoms with van der Waals surface area (Å²) in [5.41, 5.74) is 8.66. The van der Waals surface area contributed by atoms with E-state index in [1.807, 2.05) is 18.2 Å². The molecular formula is C28H28N2O5S. The molecule has 0 aliphatic heterocycles. The van der Waals surface area contributed by atoms with Gasteiger partial charge in [0.1, 0.15) is 18.7 Å². The van der Waals surface area contributed by atoms with Gasteiger partial charge in [0.05, 0.1) is 10.4 Å². The first-order chi connectivity index (χ1) is 17.3. The number of fused-ring (bicyclic) bond motifs is 1. The fourth-order valence-electron chi connectivity index (χ4n) is 4.54. The molecule has 1 heterocycles. The van der Waals surface area contributed by atoms with Gasteiger partial charge in [0.15, 0.2) is 0 Å². The van der Waals surface area contributed by atoms with Crippen LogP contribution in [-0.2, 0) is 19.5 Å². The number of aromatic nitrogens is 1. The van der Waals surface area contributed by atoms with Crippen LogP contribution in [0.2, 0.25) is 0 Å². The minimum atomic E-state index is -4.03. The van der Waals surface area contributed by atoms with Crippen molar-refractivity contribution in [1.29, 1.82) is 0 Å². The first-order valence-corrected chi connectivity index (χ1v) is 13.2. The average Bonchev–Trinajstić information content (AvgIpc) is 3.49. The van der Waals surface area contributed by atoms with Gasteiger partial charge in [-0.3, -0.25) is 4.79 Å². The quantitative estimate of drug-likeness (QED) is 0.259. The van der Waals surface area contributed by atoms with E-state index in [-0.39, 0.29) is 17.4 Å². The van der Waals surface area contributed by atoms with Crippen molar-refractivity contribution in [1.82, 2.24) is 3.97 Å². The van der Waals surface area contributed by atoms with Crippen molar-refractivity contribution in [2.75, 3.05) is 13.9 Å². The van der Waals surface area contributed by atoms with Gasteiger partial charge in [-0.2, -0.15) is 0 Å². The minimum Gasteiger partial charge on any atom is -0.359 e. The Hall–Kier alpha value is -3.30. The molecular weight excluding hydrogens is 476 g/mol. The van der Waals surface area contributed by atoms with Crippen molar-refractivity contribution in [3.63, 3.8) is 0 Å². The van der Waals surface area contributed by atoms with Crippen LogP contribution in [0.15, 0.2) is 83.8 Å². The molecule has 0 radical (unpaired) electrons. The Balaban J connectivity index is 1.53. The fourth-order valence-corrected chi connectivity index (χ4v) is 6.05. The summed E-state index contributed by atoms with van der Waals surface area (Å²) >= 11 is 0. The normalized spacial score (nSPS) is 18.3. The van der Waals surface area contributed by atoms with E-state index < -0.39 is 22.0 Å². The Morgan fingerprint density at radius 3 is 2.36 bits per heavy atom. The second-order valence-corrected chi connectivity index (χ2v) is 11.0. The Morgan fingerprint density at radius 1 is 1.06 bits per heavy atom. The van der Waals surface area contributed by atoms with Gasteiger partial charge in [0.25, 0.3) is 10.0 Å². The number of benzene rings is 3. The number of para-hydroxylation sites is 1. The molecule has 1 aliphatic rings. The van der Waals surface area contributed by atoms with Crippen molar-refractivity contribution in [2.24, 2.45) is 11.7 Å². The second kappa shape index (κ2) is 9.63. The lowest BCUT2D eigenvalue weighted by molar-refractivity contribution is -0.0710. The van der Waals surface area contributed by atoms with Gasteiger partial charge in [-0.15, -0.1) is 0 Å². The zero-order valence-corrected chi connectivity index (χ0v) is 20.9. The van der Waals surface area contributed by atoms with E-state index in [0.29, 0.717) is 33.9 Å². The van der Waals surface area contributed by atoms with Gasteiger partial charge in [-0.05, 0) is 53.6 Å². The molecule has 8 heteroatoms. The summed E-state index contributed by atoms with van der Waals surface area (Å²) in [6.45, 7) is 2.23. The highest BCUT2D eigenvalue weighted by Crippen LogP contribution is 2.47. The highest BCUT2D eigenvalue weighted by atomic mass is 32.2. The molecule has 0 amide bonds. The lowest BCUT2D eigenvalue weighted by atomic mass is 10.1. The molecule has 0 bridgehead atoms. The van der Waals surface area contributed by atoms with Crippen LogP contribution in [-0.4, -0.2) is 32.1 Å². The van der Waals surface area contributed by atoms with Crippen LogP contribution in [0.4, 0.5) is 0 Å². The maximum Gasteiger partial charge on any atom is 0.268 e. The molecule has 5 rings (SSSR count). The lowest BCUT2D eigenvalue weighted by Gasteiger charge is -2.14. The number of carbonyl (C=O) groups is 1. The number of hydrogen-bond donors (Lipinski definition) is 1. The van der Waals surface area contributed by atoms with E-state index in [1.54, 1.807) is 60.7 Å². The fraction of sp³-hybridized carbons (Fsp3) is 0.250. The van der Waals surface area contributed by atoms with E-state index >= 15 is 0 Å². The molecule has 3 atom stereocenters. The summed E-state index contributed by atoms with van der Waals surface area (Å²) in [5, 5.41) is 0.666. The van der Waals surface area contributed by atoms with Crippen LogP contribution in [0, 0.1) is 5.92 Å². The summed E-state index contributed by atoms with van der Waals surface area (Å²) in [5.74, 6) is 0.705. The Bertz CT molecular complexity index is 1510. The molecule has 0 spiro atoms. The number of rotatable bonds is 9. The molecule has 0 saturated heterocycles. The van der Waals surface area contributed by atoms with Crippen molar-refractivity contribution in [3.05, 3.63) is 101 Å². The van der Waals surface area contributed by atoms with E-state index in [4.69, 9.17) is 15.2 Å². The summed E-state index contributed by atoms with van der Waals surface area (Å²) in [7, 11) is -2.53. The van der Waals surface area contributed by atoms with Crippen LogP contribution in [0.3, 0.4) is 0 Å². The summed E-state index contributed by atoms with van der Waals surface area (Å²) in [4.78, 5) is 13.7. The highest BCUT2D eigenvalue weighted by molar-refractivity contribution is 7.90. The van der Waals surface area contributed by atoms with Gasteiger partial charge in [-0.25, -0.2) is 12.4 Å². The first-order valence-electron chi connectivity index (χ1n) is 11.8. The molecule has 36 heavy (non-hydrogen) atoms. The second-order valence-electron chi connectivity index (χ2n) is 9.19.